The predicted octanol–water partition coefficient (Wildman–Crippen LogP) is 6.27. The van der Waals surface area contributed by atoms with Crippen LogP contribution in [0.3, 0.4) is 0 Å². The molecule has 0 spiro atoms. The third kappa shape index (κ3) is 4.86. The molecule has 35 heavy (non-hydrogen) atoms. The smallest absolute Gasteiger partial charge is 0.373 e. The lowest BCUT2D eigenvalue weighted by atomic mass is 10.1. The van der Waals surface area contributed by atoms with Crippen LogP contribution in [0.1, 0.15) is 21.9 Å². The highest BCUT2D eigenvalue weighted by Crippen LogP contribution is 2.33. The third-order valence-electron chi connectivity index (χ3n) is 5.27. The molecule has 0 radical (unpaired) electrons. The number of hydrogen-bond donors (Lipinski definition) is 1. The summed E-state index contributed by atoms with van der Waals surface area (Å²) in [4.78, 5) is 29.3. The van der Waals surface area contributed by atoms with Gasteiger partial charge in [-0.25, -0.2) is 9.79 Å². The number of ether oxygens (including phenoxy) is 1. The molecule has 3 heterocycles. The van der Waals surface area contributed by atoms with Crippen LogP contribution in [-0.4, -0.2) is 28.7 Å². The van der Waals surface area contributed by atoms with Crippen LogP contribution >= 0.6 is 35.0 Å². The van der Waals surface area contributed by atoms with E-state index in [1.165, 1.54) is 18.9 Å². The standard InChI is InChI=1S/C25H17Cl2N3O4S/c1-33-24(32)21-9-7-16(34-21)13-30-12-14(17-4-2-3-5-20(17)30)10-22-23(31)29-25(35-22)28-15-6-8-18(26)19(27)11-15/h2-12H,13H2,1H3,(H,28,29,31)/b22-10-. The zero-order valence-corrected chi connectivity index (χ0v) is 20.6. The van der Waals surface area contributed by atoms with Gasteiger partial charge in [-0.2, -0.15) is 0 Å². The van der Waals surface area contributed by atoms with Gasteiger partial charge in [-0.1, -0.05) is 41.4 Å². The molecule has 0 saturated carbocycles. The Kier molecular flexibility index (Phi) is 6.42. The summed E-state index contributed by atoms with van der Waals surface area (Å²) < 4.78 is 12.3. The van der Waals surface area contributed by atoms with Crippen molar-refractivity contribution in [2.75, 3.05) is 7.11 Å². The Morgan fingerprint density at radius 1 is 1.17 bits per heavy atom. The minimum atomic E-state index is -0.526. The van der Waals surface area contributed by atoms with Crippen molar-refractivity contribution in [3.63, 3.8) is 0 Å². The fraction of sp³-hybridized carbons (Fsp3) is 0.0800. The average molecular weight is 526 g/mol. The summed E-state index contributed by atoms with van der Waals surface area (Å²) in [6.45, 7) is 0.407. The molecule has 1 saturated heterocycles. The number of para-hydroxylation sites is 1. The van der Waals surface area contributed by atoms with Gasteiger partial charge in [0.25, 0.3) is 5.91 Å². The second-order valence-corrected chi connectivity index (χ2v) is 9.41. The van der Waals surface area contributed by atoms with E-state index in [0.29, 0.717) is 38.1 Å². The number of amides is 1. The van der Waals surface area contributed by atoms with Gasteiger partial charge in [0, 0.05) is 22.7 Å². The van der Waals surface area contributed by atoms with E-state index in [0.717, 1.165) is 16.5 Å². The number of thioether (sulfide) groups is 1. The van der Waals surface area contributed by atoms with Crippen LogP contribution in [0.4, 0.5) is 5.69 Å². The molecule has 2 aromatic heterocycles. The van der Waals surface area contributed by atoms with E-state index in [1.54, 1.807) is 30.3 Å². The fourth-order valence-corrected chi connectivity index (χ4v) is 4.78. The molecule has 2 aromatic carbocycles. The molecule has 1 fully saturated rings. The maximum absolute atomic E-state index is 12.6. The largest absolute Gasteiger partial charge is 0.463 e. The molecule has 0 unspecified atom stereocenters. The van der Waals surface area contributed by atoms with Crippen LogP contribution < -0.4 is 5.32 Å². The topological polar surface area (TPSA) is 85.8 Å². The van der Waals surface area contributed by atoms with Crippen molar-refractivity contribution >= 4 is 74.7 Å². The van der Waals surface area contributed by atoms with Gasteiger partial charge in [-0.15, -0.1) is 0 Å². The maximum Gasteiger partial charge on any atom is 0.373 e. The minimum absolute atomic E-state index is 0.147. The van der Waals surface area contributed by atoms with Gasteiger partial charge in [0.1, 0.15) is 5.76 Å². The van der Waals surface area contributed by atoms with Gasteiger partial charge in [-0.05, 0) is 54.2 Å². The molecule has 7 nitrogen and oxygen atoms in total. The first-order chi connectivity index (χ1) is 16.9. The molecule has 0 aliphatic carbocycles. The molecule has 1 amide bonds. The fourth-order valence-electron chi connectivity index (χ4n) is 3.66. The quantitative estimate of drug-likeness (QED) is 0.245. The van der Waals surface area contributed by atoms with Gasteiger partial charge < -0.3 is 19.0 Å². The van der Waals surface area contributed by atoms with Crippen molar-refractivity contribution < 1.29 is 18.7 Å². The summed E-state index contributed by atoms with van der Waals surface area (Å²) in [5.74, 6) is -0.00968. The zero-order valence-electron chi connectivity index (χ0n) is 18.2. The van der Waals surface area contributed by atoms with Gasteiger partial charge >= 0.3 is 5.97 Å². The Bertz CT molecular complexity index is 1540. The number of rotatable bonds is 5. The number of methoxy groups -OCH3 is 1. The summed E-state index contributed by atoms with van der Waals surface area (Å²) in [5.41, 5.74) is 2.42. The molecule has 5 rings (SSSR count). The van der Waals surface area contributed by atoms with Gasteiger partial charge in [0.15, 0.2) is 5.17 Å². The average Bonchev–Trinajstić information content (AvgIpc) is 3.55. The van der Waals surface area contributed by atoms with E-state index in [2.05, 4.69) is 10.3 Å². The summed E-state index contributed by atoms with van der Waals surface area (Å²) in [7, 11) is 1.31. The van der Waals surface area contributed by atoms with E-state index in [1.807, 2.05) is 41.1 Å². The Labute approximate surface area is 214 Å². The van der Waals surface area contributed by atoms with E-state index >= 15 is 0 Å². The van der Waals surface area contributed by atoms with Crippen LogP contribution in [0, 0.1) is 0 Å². The highest BCUT2D eigenvalue weighted by atomic mass is 35.5. The Balaban J connectivity index is 1.44. The number of nitrogens with zero attached hydrogens (tertiary/aromatic N) is 2. The number of amidine groups is 1. The molecule has 1 aliphatic heterocycles. The van der Waals surface area contributed by atoms with E-state index in [4.69, 9.17) is 32.4 Å². The molecule has 1 aliphatic rings. The highest BCUT2D eigenvalue weighted by Gasteiger charge is 2.24. The second kappa shape index (κ2) is 9.65. The monoisotopic (exact) mass is 525 g/mol. The summed E-state index contributed by atoms with van der Waals surface area (Å²) in [5, 5.41) is 5.04. The number of fused-ring (bicyclic) bond motifs is 1. The lowest BCUT2D eigenvalue weighted by Crippen LogP contribution is -2.19. The number of esters is 1. The van der Waals surface area contributed by atoms with Gasteiger partial charge in [-0.3, -0.25) is 4.79 Å². The van der Waals surface area contributed by atoms with E-state index in [9.17, 15) is 9.59 Å². The second-order valence-electron chi connectivity index (χ2n) is 7.57. The SMILES string of the molecule is COC(=O)c1ccc(Cn2cc(/C=C3\SC(=Nc4ccc(Cl)c(Cl)c4)NC3=O)c3ccccc32)o1. The number of benzene rings is 2. The molecule has 1 N–H and O–H groups in total. The number of carbonyl (C=O) groups is 2. The van der Waals surface area contributed by atoms with E-state index in [-0.39, 0.29) is 11.7 Å². The Hall–Kier alpha value is -3.46. The maximum atomic E-state index is 12.6. The summed E-state index contributed by atoms with van der Waals surface area (Å²) in [6.07, 6.45) is 3.78. The van der Waals surface area contributed by atoms with Crippen LogP contribution in [0.15, 0.2) is 75.1 Å². The number of aliphatic imine (C=N–C) groups is 1. The highest BCUT2D eigenvalue weighted by molar-refractivity contribution is 8.18. The van der Waals surface area contributed by atoms with Crippen molar-refractivity contribution in [2.24, 2.45) is 4.99 Å². The normalized spacial score (nSPS) is 15.8. The number of aromatic nitrogens is 1. The van der Waals surface area contributed by atoms with Crippen LogP contribution in [0.2, 0.25) is 10.0 Å². The first-order valence-corrected chi connectivity index (χ1v) is 12.0. The van der Waals surface area contributed by atoms with E-state index < -0.39 is 5.97 Å². The van der Waals surface area contributed by atoms with Crippen LogP contribution in [0.5, 0.6) is 0 Å². The Morgan fingerprint density at radius 2 is 2.00 bits per heavy atom. The zero-order chi connectivity index (χ0) is 24.5. The molecular formula is C25H17Cl2N3O4S. The van der Waals surface area contributed by atoms with Gasteiger partial charge in [0.05, 0.1) is 34.3 Å². The van der Waals surface area contributed by atoms with Crippen molar-refractivity contribution in [1.82, 2.24) is 9.88 Å². The minimum Gasteiger partial charge on any atom is -0.463 e. The van der Waals surface area contributed by atoms with Crippen LogP contribution in [-0.2, 0) is 16.1 Å². The molecule has 0 bridgehead atoms. The lowest BCUT2D eigenvalue weighted by Gasteiger charge is -2.02. The Morgan fingerprint density at radius 3 is 2.80 bits per heavy atom. The van der Waals surface area contributed by atoms with Crippen LogP contribution in [0.25, 0.3) is 17.0 Å². The van der Waals surface area contributed by atoms with Crippen molar-refractivity contribution in [2.45, 2.75) is 6.54 Å². The molecule has 176 valence electrons. The van der Waals surface area contributed by atoms with Crippen molar-refractivity contribution in [3.05, 3.63) is 92.8 Å². The van der Waals surface area contributed by atoms with Crippen molar-refractivity contribution in [3.8, 4) is 0 Å². The molecular weight excluding hydrogens is 509 g/mol. The number of hydrogen-bond acceptors (Lipinski definition) is 6. The molecule has 0 atom stereocenters. The number of nitrogens with one attached hydrogen (secondary N) is 1. The lowest BCUT2D eigenvalue weighted by molar-refractivity contribution is -0.115. The molecule has 4 aromatic rings. The number of furan rings is 1. The first kappa shape index (κ1) is 23.3. The van der Waals surface area contributed by atoms with Crippen molar-refractivity contribution in [1.29, 1.82) is 0 Å². The summed E-state index contributed by atoms with van der Waals surface area (Å²) in [6, 6.07) is 16.2. The summed E-state index contributed by atoms with van der Waals surface area (Å²) >= 11 is 13.3. The number of halogens is 2. The van der Waals surface area contributed by atoms with Gasteiger partial charge in [0.2, 0.25) is 5.76 Å². The predicted molar refractivity (Wildman–Crippen MR) is 138 cm³/mol. The third-order valence-corrected chi connectivity index (χ3v) is 6.91. The molecule has 10 heteroatoms. The first-order valence-electron chi connectivity index (χ1n) is 10.4. The number of carbonyl (C=O) groups excluding carboxylic acids is 2.